The van der Waals surface area contributed by atoms with Crippen LogP contribution in [0.3, 0.4) is 0 Å². The Hall–Kier alpha value is -2.60. The molecule has 0 atom stereocenters. The van der Waals surface area contributed by atoms with Crippen LogP contribution in [0.25, 0.3) is 0 Å². The number of carbonyl (C=O) groups is 1. The third-order valence-corrected chi connectivity index (χ3v) is 3.48. The van der Waals surface area contributed by atoms with E-state index in [-0.39, 0.29) is 5.91 Å². The van der Waals surface area contributed by atoms with Gasteiger partial charge in [0.15, 0.2) is 0 Å². The van der Waals surface area contributed by atoms with E-state index < -0.39 is 0 Å². The van der Waals surface area contributed by atoms with Gasteiger partial charge in [-0.1, -0.05) is 35.9 Å². The van der Waals surface area contributed by atoms with Crippen molar-refractivity contribution in [3.8, 4) is 6.07 Å². The summed E-state index contributed by atoms with van der Waals surface area (Å²) in [5.41, 5.74) is 3.69. The first-order valence-electron chi connectivity index (χ1n) is 6.92. The molecule has 0 fully saturated rings. The highest BCUT2D eigenvalue weighted by atomic mass is 16.2. The molecule has 106 valence electrons. The largest absolute Gasteiger partial charge is 0.315 e. The van der Waals surface area contributed by atoms with E-state index in [1.54, 1.807) is 30.1 Å². The Morgan fingerprint density at radius 3 is 2.57 bits per heavy atom. The van der Waals surface area contributed by atoms with E-state index in [2.05, 4.69) is 30.3 Å². The summed E-state index contributed by atoms with van der Waals surface area (Å²) in [6.45, 7) is 2.05. The Kier molecular flexibility index (Phi) is 4.73. The van der Waals surface area contributed by atoms with E-state index in [0.29, 0.717) is 12.0 Å². The summed E-state index contributed by atoms with van der Waals surface area (Å²) in [5.74, 6) is 0.0469. The van der Waals surface area contributed by atoms with Gasteiger partial charge in [-0.05, 0) is 37.1 Å². The Bertz CT molecular complexity index is 668. The summed E-state index contributed by atoms with van der Waals surface area (Å²) < 4.78 is 0. The highest BCUT2D eigenvalue weighted by Crippen LogP contribution is 2.16. The van der Waals surface area contributed by atoms with Gasteiger partial charge in [0, 0.05) is 19.2 Å². The summed E-state index contributed by atoms with van der Waals surface area (Å²) in [7, 11) is 1.74. The quantitative estimate of drug-likeness (QED) is 0.859. The molecule has 0 bridgehead atoms. The fraction of sp³-hybridized carbons (Fsp3) is 0.222. The molecule has 1 amide bonds. The average molecular weight is 278 g/mol. The van der Waals surface area contributed by atoms with E-state index in [1.807, 2.05) is 13.0 Å². The second kappa shape index (κ2) is 6.71. The van der Waals surface area contributed by atoms with Crippen molar-refractivity contribution in [1.82, 2.24) is 0 Å². The van der Waals surface area contributed by atoms with E-state index in [9.17, 15) is 4.79 Å². The number of anilines is 1. The molecule has 2 aromatic carbocycles. The fourth-order valence-corrected chi connectivity index (χ4v) is 2.10. The number of benzene rings is 2. The van der Waals surface area contributed by atoms with Crippen LogP contribution in [-0.4, -0.2) is 13.0 Å². The molecule has 0 aliphatic carbocycles. The van der Waals surface area contributed by atoms with Crippen molar-refractivity contribution in [2.24, 2.45) is 0 Å². The predicted octanol–water partition coefficient (Wildman–Crippen LogP) is 3.46. The van der Waals surface area contributed by atoms with Gasteiger partial charge in [-0.3, -0.25) is 4.79 Å². The maximum Gasteiger partial charge on any atom is 0.227 e. The second-order valence-electron chi connectivity index (χ2n) is 5.10. The fourth-order valence-electron chi connectivity index (χ4n) is 2.10. The van der Waals surface area contributed by atoms with Crippen LogP contribution in [0.15, 0.2) is 48.5 Å². The van der Waals surface area contributed by atoms with Crippen molar-refractivity contribution in [2.45, 2.75) is 19.8 Å². The van der Waals surface area contributed by atoms with Crippen molar-refractivity contribution in [3.63, 3.8) is 0 Å². The lowest BCUT2D eigenvalue weighted by Gasteiger charge is -2.17. The average Bonchev–Trinajstić information content (AvgIpc) is 2.53. The highest BCUT2D eigenvalue weighted by Gasteiger charge is 2.11. The molecule has 21 heavy (non-hydrogen) atoms. The van der Waals surface area contributed by atoms with E-state index in [0.717, 1.165) is 17.7 Å². The summed E-state index contributed by atoms with van der Waals surface area (Å²) >= 11 is 0. The molecular formula is C18H18N2O. The standard InChI is InChI=1S/C18H18N2O/c1-14-6-8-15(9-7-14)10-11-18(21)20(2)17-5-3-4-16(12-17)13-19/h3-9,12H,10-11H2,1-2H3. The number of nitriles is 1. The zero-order valence-electron chi connectivity index (χ0n) is 12.3. The summed E-state index contributed by atoms with van der Waals surface area (Å²) in [6.07, 6.45) is 1.18. The van der Waals surface area contributed by atoms with E-state index in [1.165, 1.54) is 5.56 Å². The lowest BCUT2D eigenvalue weighted by Crippen LogP contribution is -2.26. The molecule has 0 aromatic heterocycles. The SMILES string of the molecule is Cc1ccc(CCC(=O)N(C)c2cccc(C#N)c2)cc1. The Labute approximate surface area is 125 Å². The number of hydrogen-bond acceptors (Lipinski definition) is 2. The maximum absolute atomic E-state index is 12.2. The molecule has 0 radical (unpaired) electrons. The van der Waals surface area contributed by atoms with E-state index >= 15 is 0 Å². The van der Waals surface area contributed by atoms with Gasteiger partial charge in [0.25, 0.3) is 0 Å². The Morgan fingerprint density at radius 2 is 1.90 bits per heavy atom. The van der Waals surface area contributed by atoms with Gasteiger partial charge in [-0.25, -0.2) is 0 Å². The Balaban J connectivity index is 1.99. The third-order valence-electron chi connectivity index (χ3n) is 3.48. The van der Waals surface area contributed by atoms with Crippen molar-refractivity contribution in [3.05, 3.63) is 65.2 Å². The molecule has 0 N–H and O–H groups in total. The molecule has 0 aliphatic rings. The number of nitrogens with zero attached hydrogens (tertiary/aromatic N) is 2. The van der Waals surface area contributed by atoms with Crippen LogP contribution in [-0.2, 0) is 11.2 Å². The van der Waals surface area contributed by atoms with Crippen LogP contribution >= 0.6 is 0 Å². The Morgan fingerprint density at radius 1 is 1.19 bits per heavy atom. The number of carbonyl (C=O) groups excluding carboxylic acids is 1. The third kappa shape index (κ3) is 3.93. The minimum absolute atomic E-state index is 0.0469. The smallest absolute Gasteiger partial charge is 0.227 e. The number of aryl methyl sites for hydroxylation is 2. The molecule has 2 rings (SSSR count). The molecule has 2 aromatic rings. The number of hydrogen-bond donors (Lipinski definition) is 0. The monoisotopic (exact) mass is 278 g/mol. The zero-order valence-corrected chi connectivity index (χ0v) is 12.3. The van der Waals surface area contributed by atoms with Crippen LogP contribution in [0.4, 0.5) is 5.69 Å². The maximum atomic E-state index is 12.2. The minimum atomic E-state index is 0.0469. The lowest BCUT2D eigenvalue weighted by molar-refractivity contribution is -0.118. The summed E-state index contributed by atoms with van der Waals surface area (Å²) in [4.78, 5) is 13.8. The zero-order chi connectivity index (χ0) is 15.2. The van der Waals surface area contributed by atoms with Crippen LogP contribution < -0.4 is 4.90 Å². The van der Waals surface area contributed by atoms with Crippen molar-refractivity contribution < 1.29 is 4.79 Å². The van der Waals surface area contributed by atoms with Crippen LogP contribution in [0.5, 0.6) is 0 Å². The molecule has 0 heterocycles. The second-order valence-corrected chi connectivity index (χ2v) is 5.10. The molecule has 0 saturated carbocycles. The van der Waals surface area contributed by atoms with Crippen LogP contribution in [0, 0.1) is 18.3 Å². The number of rotatable bonds is 4. The summed E-state index contributed by atoms with van der Waals surface area (Å²) in [5, 5.41) is 8.90. The summed E-state index contributed by atoms with van der Waals surface area (Å²) in [6, 6.07) is 17.4. The van der Waals surface area contributed by atoms with Crippen molar-refractivity contribution >= 4 is 11.6 Å². The molecule has 0 aliphatic heterocycles. The van der Waals surface area contributed by atoms with Gasteiger partial charge in [0.2, 0.25) is 5.91 Å². The predicted molar refractivity (Wildman–Crippen MR) is 84.1 cm³/mol. The first kappa shape index (κ1) is 14.8. The van der Waals surface area contributed by atoms with Gasteiger partial charge in [0.1, 0.15) is 0 Å². The molecule has 0 spiro atoms. The first-order chi connectivity index (χ1) is 10.1. The molecule has 0 saturated heterocycles. The van der Waals surface area contributed by atoms with Crippen molar-refractivity contribution in [1.29, 1.82) is 5.26 Å². The van der Waals surface area contributed by atoms with Gasteiger partial charge >= 0.3 is 0 Å². The number of amides is 1. The topological polar surface area (TPSA) is 44.1 Å². The minimum Gasteiger partial charge on any atom is -0.315 e. The lowest BCUT2D eigenvalue weighted by atomic mass is 10.1. The van der Waals surface area contributed by atoms with Gasteiger partial charge < -0.3 is 4.90 Å². The van der Waals surface area contributed by atoms with Crippen LogP contribution in [0.2, 0.25) is 0 Å². The molecular weight excluding hydrogens is 260 g/mol. The van der Waals surface area contributed by atoms with Crippen LogP contribution in [0.1, 0.15) is 23.1 Å². The van der Waals surface area contributed by atoms with Crippen molar-refractivity contribution in [2.75, 3.05) is 11.9 Å². The molecule has 0 unspecified atom stereocenters. The first-order valence-corrected chi connectivity index (χ1v) is 6.92. The van der Waals surface area contributed by atoms with Gasteiger partial charge in [-0.2, -0.15) is 5.26 Å². The van der Waals surface area contributed by atoms with Gasteiger partial charge in [0.05, 0.1) is 11.6 Å². The van der Waals surface area contributed by atoms with Gasteiger partial charge in [-0.15, -0.1) is 0 Å². The molecule has 3 heteroatoms. The van der Waals surface area contributed by atoms with E-state index in [4.69, 9.17) is 5.26 Å². The normalized spacial score (nSPS) is 9.95. The molecule has 3 nitrogen and oxygen atoms in total. The highest BCUT2D eigenvalue weighted by molar-refractivity contribution is 5.93.